The molecule has 0 saturated heterocycles. The minimum Gasteiger partial charge on any atom is -0.506 e. The average molecular weight is 218 g/mol. The zero-order valence-electron chi connectivity index (χ0n) is 10.2. The molecule has 0 unspecified atom stereocenters. The van der Waals surface area contributed by atoms with Crippen molar-refractivity contribution in [1.29, 1.82) is 0 Å². The van der Waals surface area contributed by atoms with Gasteiger partial charge in [0, 0.05) is 0 Å². The van der Waals surface area contributed by atoms with Crippen LogP contribution in [0.2, 0.25) is 0 Å². The van der Waals surface area contributed by atoms with E-state index in [4.69, 9.17) is 0 Å². The van der Waals surface area contributed by atoms with Crippen LogP contribution in [-0.2, 0) is 4.79 Å². The molecule has 0 atom stereocenters. The van der Waals surface area contributed by atoms with Crippen LogP contribution in [0.5, 0.6) is 0 Å². The molecule has 0 aliphatic heterocycles. The highest BCUT2D eigenvalue weighted by Crippen LogP contribution is 2.29. The van der Waals surface area contributed by atoms with Gasteiger partial charge in [-0.05, 0) is 25.8 Å². The number of Topliss-reactive ketones (excluding diaryl/α,β-unsaturated/α-hetero) is 1. The SMILES string of the molecule is CC(C)=C/C=C1\C(=O)C(/C=C/C(C)C)=C1O. The molecule has 1 aliphatic rings. The lowest BCUT2D eigenvalue weighted by Crippen LogP contribution is -2.20. The molecular formula is C14H18O2. The highest BCUT2D eigenvalue weighted by molar-refractivity contribution is 6.20. The number of rotatable bonds is 3. The Morgan fingerprint density at radius 1 is 1.31 bits per heavy atom. The van der Waals surface area contributed by atoms with Crippen molar-refractivity contribution < 1.29 is 9.90 Å². The molecule has 0 aromatic carbocycles. The van der Waals surface area contributed by atoms with Gasteiger partial charge in [0.25, 0.3) is 0 Å². The van der Waals surface area contributed by atoms with E-state index in [0.29, 0.717) is 17.1 Å². The van der Waals surface area contributed by atoms with Gasteiger partial charge < -0.3 is 5.11 Å². The fourth-order valence-electron chi connectivity index (χ4n) is 1.29. The second kappa shape index (κ2) is 4.97. The lowest BCUT2D eigenvalue weighted by molar-refractivity contribution is -0.113. The highest BCUT2D eigenvalue weighted by Gasteiger charge is 2.30. The van der Waals surface area contributed by atoms with Crippen LogP contribution >= 0.6 is 0 Å². The second-order valence-corrected chi connectivity index (χ2v) is 4.52. The zero-order valence-corrected chi connectivity index (χ0v) is 10.2. The van der Waals surface area contributed by atoms with Gasteiger partial charge in [0.05, 0.1) is 11.1 Å². The van der Waals surface area contributed by atoms with E-state index < -0.39 is 0 Å². The second-order valence-electron chi connectivity index (χ2n) is 4.52. The molecular weight excluding hydrogens is 200 g/mol. The van der Waals surface area contributed by atoms with E-state index in [9.17, 15) is 9.90 Å². The van der Waals surface area contributed by atoms with Crippen LogP contribution in [0.25, 0.3) is 0 Å². The van der Waals surface area contributed by atoms with Crippen molar-refractivity contribution in [3.05, 3.63) is 46.8 Å². The summed E-state index contributed by atoms with van der Waals surface area (Å²) in [6.45, 7) is 7.94. The lowest BCUT2D eigenvalue weighted by atomic mass is 9.87. The molecule has 1 rings (SSSR count). The van der Waals surface area contributed by atoms with E-state index in [1.54, 1.807) is 12.2 Å². The van der Waals surface area contributed by atoms with Gasteiger partial charge >= 0.3 is 0 Å². The van der Waals surface area contributed by atoms with Crippen molar-refractivity contribution >= 4 is 5.78 Å². The Kier molecular flexibility index (Phi) is 3.88. The maximum atomic E-state index is 11.6. The molecule has 2 nitrogen and oxygen atoms in total. The predicted molar refractivity (Wildman–Crippen MR) is 66.2 cm³/mol. The van der Waals surface area contributed by atoms with Crippen LogP contribution < -0.4 is 0 Å². The third-order valence-corrected chi connectivity index (χ3v) is 2.23. The number of hydrogen-bond acceptors (Lipinski definition) is 2. The molecule has 0 radical (unpaired) electrons. The number of hydrogen-bond donors (Lipinski definition) is 1. The third kappa shape index (κ3) is 2.72. The molecule has 2 heteroatoms. The highest BCUT2D eigenvalue weighted by atomic mass is 16.3. The Balaban J connectivity index is 2.90. The van der Waals surface area contributed by atoms with E-state index in [0.717, 1.165) is 5.57 Å². The Bertz CT molecular complexity index is 414. The largest absolute Gasteiger partial charge is 0.506 e. The summed E-state index contributed by atoms with van der Waals surface area (Å²) in [6, 6.07) is 0. The molecule has 0 fully saturated rings. The molecule has 0 heterocycles. The summed E-state index contributed by atoms with van der Waals surface area (Å²) >= 11 is 0. The molecule has 1 N–H and O–H groups in total. The number of allylic oxidation sites excluding steroid dienone is 7. The quantitative estimate of drug-likeness (QED) is 0.736. The molecule has 0 aromatic heterocycles. The van der Waals surface area contributed by atoms with Crippen LogP contribution in [0.15, 0.2) is 46.8 Å². The fraction of sp³-hybridized carbons (Fsp3) is 0.357. The topological polar surface area (TPSA) is 37.3 Å². The van der Waals surface area contributed by atoms with Crippen molar-refractivity contribution in [3.8, 4) is 0 Å². The maximum absolute atomic E-state index is 11.6. The summed E-state index contributed by atoms with van der Waals surface area (Å²) in [5.41, 5.74) is 1.92. The average Bonchev–Trinajstić information content (AvgIpc) is 2.17. The van der Waals surface area contributed by atoms with Crippen molar-refractivity contribution in [1.82, 2.24) is 0 Å². The van der Waals surface area contributed by atoms with Crippen molar-refractivity contribution in [2.75, 3.05) is 0 Å². The first kappa shape index (κ1) is 12.5. The van der Waals surface area contributed by atoms with E-state index in [1.165, 1.54) is 0 Å². The molecule has 0 aromatic rings. The first-order chi connectivity index (χ1) is 7.43. The minimum atomic E-state index is -0.0769. The van der Waals surface area contributed by atoms with Crippen LogP contribution in [0.1, 0.15) is 27.7 Å². The fourth-order valence-corrected chi connectivity index (χ4v) is 1.29. The van der Waals surface area contributed by atoms with E-state index in [-0.39, 0.29) is 11.5 Å². The minimum absolute atomic E-state index is 0.0769. The summed E-state index contributed by atoms with van der Waals surface area (Å²) in [5.74, 6) is 0.408. The monoisotopic (exact) mass is 218 g/mol. The molecule has 0 saturated carbocycles. The molecule has 0 spiro atoms. The number of aliphatic hydroxyl groups excluding tert-OH is 1. The van der Waals surface area contributed by atoms with Gasteiger partial charge in [-0.3, -0.25) is 4.79 Å². The first-order valence-corrected chi connectivity index (χ1v) is 5.45. The summed E-state index contributed by atoms with van der Waals surface area (Å²) in [5, 5.41) is 9.67. The van der Waals surface area contributed by atoms with Crippen LogP contribution in [0, 0.1) is 5.92 Å². The number of aliphatic hydroxyl groups is 1. The Hall–Kier alpha value is -1.57. The summed E-state index contributed by atoms with van der Waals surface area (Å²) in [6.07, 6.45) is 7.09. The van der Waals surface area contributed by atoms with Crippen molar-refractivity contribution in [2.24, 2.45) is 5.92 Å². The number of carbonyl (C=O) groups excluding carboxylic acids is 1. The smallest absolute Gasteiger partial charge is 0.200 e. The van der Waals surface area contributed by atoms with Crippen molar-refractivity contribution in [2.45, 2.75) is 27.7 Å². The van der Waals surface area contributed by atoms with Crippen LogP contribution in [0.3, 0.4) is 0 Å². The van der Waals surface area contributed by atoms with Gasteiger partial charge in [-0.1, -0.05) is 37.6 Å². The van der Waals surface area contributed by atoms with Crippen LogP contribution in [0.4, 0.5) is 0 Å². The summed E-state index contributed by atoms with van der Waals surface area (Å²) < 4.78 is 0. The Morgan fingerprint density at radius 2 is 1.94 bits per heavy atom. The molecule has 86 valence electrons. The molecule has 16 heavy (non-hydrogen) atoms. The third-order valence-electron chi connectivity index (χ3n) is 2.23. The van der Waals surface area contributed by atoms with E-state index >= 15 is 0 Å². The molecule has 1 aliphatic carbocycles. The Labute approximate surface area is 96.7 Å². The van der Waals surface area contributed by atoms with E-state index in [2.05, 4.69) is 0 Å². The summed E-state index contributed by atoms with van der Waals surface area (Å²) in [4.78, 5) is 11.6. The summed E-state index contributed by atoms with van der Waals surface area (Å²) in [7, 11) is 0. The van der Waals surface area contributed by atoms with E-state index in [1.807, 2.05) is 39.8 Å². The van der Waals surface area contributed by atoms with Gasteiger partial charge in [0.15, 0.2) is 5.78 Å². The van der Waals surface area contributed by atoms with Gasteiger partial charge in [0.2, 0.25) is 0 Å². The van der Waals surface area contributed by atoms with Crippen molar-refractivity contribution in [3.63, 3.8) is 0 Å². The molecule has 0 amide bonds. The zero-order chi connectivity index (χ0) is 12.3. The number of carbonyl (C=O) groups is 1. The standard InChI is InChI=1S/C14H18O2/c1-9(2)5-7-11-13(15)12(14(11)16)8-6-10(3)4/h5-9,15H,1-4H3/b7-5+,12-8-. The Morgan fingerprint density at radius 3 is 2.38 bits per heavy atom. The van der Waals surface area contributed by atoms with Gasteiger partial charge in [-0.15, -0.1) is 0 Å². The molecule has 0 bridgehead atoms. The number of ketones is 1. The lowest BCUT2D eigenvalue weighted by Gasteiger charge is -2.18. The van der Waals surface area contributed by atoms with Gasteiger partial charge in [-0.25, -0.2) is 0 Å². The maximum Gasteiger partial charge on any atom is 0.200 e. The normalized spacial score (nSPS) is 18.6. The predicted octanol–water partition coefficient (Wildman–Crippen LogP) is 3.49. The van der Waals surface area contributed by atoms with Gasteiger partial charge in [0.1, 0.15) is 5.76 Å². The van der Waals surface area contributed by atoms with Gasteiger partial charge in [-0.2, -0.15) is 0 Å². The first-order valence-electron chi connectivity index (χ1n) is 5.45. The van der Waals surface area contributed by atoms with Crippen LogP contribution in [-0.4, -0.2) is 10.9 Å².